The Kier molecular flexibility index (Phi) is 4.13. The Labute approximate surface area is 154 Å². The van der Waals surface area contributed by atoms with Crippen molar-refractivity contribution in [1.82, 2.24) is 14.5 Å². The summed E-state index contributed by atoms with van der Waals surface area (Å²) in [6, 6.07) is 18.9. The summed E-state index contributed by atoms with van der Waals surface area (Å²) < 4.78 is 2.13. The number of nitrogens with zero attached hydrogens (tertiary/aromatic N) is 3. The summed E-state index contributed by atoms with van der Waals surface area (Å²) in [4.78, 5) is 9.18. The number of rotatable bonds is 3. The molecule has 4 aromatic rings. The van der Waals surface area contributed by atoms with E-state index in [9.17, 15) is 0 Å². The van der Waals surface area contributed by atoms with Crippen LogP contribution in [-0.2, 0) is 0 Å². The van der Waals surface area contributed by atoms with Crippen LogP contribution in [0.15, 0.2) is 73.2 Å². The van der Waals surface area contributed by atoms with E-state index in [1.165, 1.54) is 16.7 Å². The molecule has 2 heterocycles. The first-order valence-electron chi connectivity index (χ1n) is 8.78. The Morgan fingerprint density at radius 2 is 1.58 bits per heavy atom. The van der Waals surface area contributed by atoms with Crippen molar-refractivity contribution in [3.63, 3.8) is 0 Å². The average Bonchev–Trinajstić information content (AvgIpc) is 3.10. The molecule has 26 heavy (non-hydrogen) atoms. The summed E-state index contributed by atoms with van der Waals surface area (Å²) in [5.41, 5.74) is 8.10. The van der Waals surface area contributed by atoms with Crippen molar-refractivity contribution in [2.24, 2.45) is 0 Å². The maximum atomic E-state index is 4.76. The first-order chi connectivity index (χ1) is 12.7. The normalized spacial score (nSPS) is 10.9. The van der Waals surface area contributed by atoms with Gasteiger partial charge in [0, 0.05) is 29.7 Å². The molecule has 4 rings (SSSR count). The number of hydrogen-bond acceptors (Lipinski definition) is 2. The van der Waals surface area contributed by atoms with Crippen molar-refractivity contribution in [3.8, 4) is 28.1 Å². The largest absolute Gasteiger partial charge is 0.303 e. The summed E-state index contributed by atoms with van der Waals surface area (Å²) in [6.07, 6.45) is 5.73. The van der Waals surface area contributed by atoms with Gasteiger partial charge in [-0.05, 0) is 43.5 Å². The predicted octanol–water partition coefficient (Wildman–Crippen LogP) is 5.53. The van der Waals surface area contributed by atoms with Gasteiger partial charge in [0.15, 0.2) is 0 Å². The molecule has 0 saturated heterocycles. The average molecular weight is 339 g/mol. The lowest BCUT2D eigenvalue weighted by molar-refractivity contribution is 0.972. The molecule has 0 spiro atoms. The van der Waals surface area contributed by atoms with Gasteiger partial charge in [-0.3, -0.25) is 4.98 Å². The van der Waals surface area contributed by atoms with Gasteiger partial charge in [-0.2, -0.15) is 0 Å². The van der Waals surface area contributed by atoms with Crippen LogP contribution in [0.5, 0.6) is 0 Å². The van der Waals surface area contributed by atoms with E-state index >= 15 is 0 Å². The topological polar surface area (TPSA) is 30.7 Å². The standard InChI is InChI=1S/C23H21N3/c1-16-8-7-11-20(17(16)2)22-21(26-15-14-24-18(26)3)12-13-25-23(22)19-9-5-4-6-10-19/h4-15H,1-3H3. The third kappa shape index (κ3) is 2.72. The fourth-order valence-corrected chi connectivity index (χ4v) is 3.39. The Bertz CT molecular complexity index is 1060. The van der Waals surface area contributed by atoms with E-state index in [1.807, 2.05) is 31.6 Å². The second kappa shape index (κ2) is 6.60. The van der Waals surface area contributed by atoms with Crippen LogP contribution in [0.3, 0.4) is 0 Å². The summed E-state index contributed by atoms with van der Waals surface area (Å²) in [6.45, 7) is 6.35. The molecule has 0 bridgehead atoms. The monoisotopic (exact) mass is 339 g/mol. The number of imidazole rings is 1. The van der Waals surface area contributed by atoms with Gasteiger partial charge < -0.3 is 4.57 Å². The molecule has 0 N–H and O–H groups in total. The third-order valence-corrected chi connectivity index (χ3v) is 4.94. The Morgan fingerprint density at radius 3 is 2.31 bits per heavy atom. The van der Waals surface area contributed by atoms with Crippen molar-refractivity contribution < 1.29 is 0 Å². The van der Waals surface area contributed by atoms with Crippen molar-refractivity contribution in [2.75, 3.05) is 0 Å². The highest BCUT2D eigenvalue weighted by Gasteiger charge is 2.18. The summed E-state index contributed by atoms with van der Waals surface area (Å²) in [5, 5.41) is 0. The van der Waals surface area contributed by atoms with Gasteiger partial charge in [-0.15, -0.1) is 0 Å². The molecule has 0 atom stereocenters. The lowest BCUT2D eigenvalue weighted by Gasteiger charge is -2.18. The number of benzene rings is 2. The van der Waals surface area contributed by atoms with Crippen LogP contribution in [0.2, 0.25) is 0 Å². The maximum absolute atomic E-state index is 4.76. The smallest absolute Gasteiger partial charge is 0.110 e. The van der Waals surface area contributed by atoms with E-state index in [0.717, 1.165) is 28.3 Å². The van der Waals surface area contributed by atoms with E-state index in [1.54, 1.807) is 0 Å². The molecule has 0 unspecified atom stereocenters. The van der Waals surface area contributed by atoms with Gasteiger partial charge >= 0.3 is 0 Å². The van der Waals surface area contributed by atoms with Crippen LogP contribution in [0.1, 0.15) is 17.0 Å². The molecule has 3 heteroatoms. The van der Waals surface area contributed by atoms with Crippen LogP contribution in [0, 0.1) is 20.8 Å². The molecule has 0 aliphatic heterocycles. The lowest BCUT2D eigenvalue weighted by Crippen LogP contribution is -2.03. The van der Waals surface area contributed by atoms with Crippen LogP contribution in [-0.4, -0.2) is 14.5 Å². The van der Waals surface area contributed by atoms with Crippen LogP contribution in [0.25, 0.3) is 28.1 Å². The minimum Gasteiger partial charge on any atom is -0.303 e. The third-order valence-electron chi connectivity index (χ3n) is 4.94. The van der Waals surface area contributed by atoms with Gasteiger partial charge in [-0.1, -0.05) is 48.5 Å². The molecule has 128 valence electrons. The molecule has 2 aromatic heterocycles. The summed E-state index contributed by atoms with van der Waals surface area (Å²) >= 11 is 0. The van der Waals surface area contributed by atoms with Crippen molar-refractivity contribution in [1.29, 1.82) is 0 Å². The van der Waals surface area contributed by atoms with Crippen molar-refractivity contribution in [2.45, 2.75) is 20.8 Å². The zero-order valence-electron chi connectivity index (χ0n) is 15.3. The van der Waals surface area contributed by atoms with E-state index in [2.05, 4.69) is 71.9 Å². The highest BCUT2D eigenvalue weighted by Crippen LogP contribution is 2.37. The predicted molar refractivity (Wildman–Crippen MR) is 106 cm³/mol. The molecule has 0 aliphatic carbocycles. The fourth-order valence-electron chi connectivity index (χ4n) is 3.39. The first-order valence-corrected chi connectivity index (χ1v) is 8.78. The second-order valence-electron chi connectivity index (χ2n) is 6.51. The SMILES string of the molecule is Cc1cccc(-c2c(-n3ccnc3C)ccnc2-c2ccccc2)c1C. The summed E-state index contributed by atoms with van der Waals surface area (Å²) in [7, 11) is 0. The first kappa shape index (κ1) is 16.3. The maximum Gasteiger partial charge on any atom is 0.110 e. The quantitative estimate of drug-likeness (QED) is 0.491. The molecular formula is C23H21N3. The van der Waals surface area contributed by atoms with E-state index in [4.69, 9.17) is 4.98 Å². The van der Waals surface area contributed by atoms with E-state index < -0.39 is 0 Å². The zero-order valence-corrected chi connectivity index (χ0v) is 15.3. The molecule has 0 fully saturated rings. The molecule has 0 radical (unpaired) electrons. The Morgan fingerprint density at radius 1 is 0.769 bits per heavy atom. The number of aromatic nitrogens is 3. The molecule has 0 saturated carbocycles. The van der Waals surface area contributed by atoms with Gasteiger partial charge in [0.25, 0.3) is 0 Å². The van der Waals surface area contributed by atoms with E-state index in [0.29, 0.717) is 0 Å². The Hall–Kier alpha value is -3.20. The van der Waals surface area contributed by atoms with Crippen LogP contribution >= 0.6 is 0 Å². The van der Waals surface area contributed by atoms with Gasteiger partial charge in [0.05, 0.1) is 11.4 Å². The van der Waals surface area contributed by atoms with Gasteiger partial charge in [-0.25, -0.2) is 4.98 Å². The number of aryl methyl sites for hydroxylation is 2. The van der Waals surface area contributed by atoms with Gasteiger partial charge in [0.1, 0.15) is 5.82 Å². The molecule has 0 aliphatic rings. The molecular weight excluding hydrogens is 318 g/mol. The second-order valence-corrected chi connectivity index (χ2v) is 6.51. The minimum atomic E-state index is 0.960. The van der Waals surface area contributed by atoms with Crippen LogP contribution < -0.4 is 0 Å². The zero-order chi connectivity index (χ0) is 18.1. The highest BCUT2D eigenvalue weighted by atomic mass is 15.1. The van der Waals surface area contributed by atoms with Crippen LogP contribution in [0.4, 0.5) is 0 Å². The highest BCUT2D eigenvalue weighted by molar-refractivity contribution is 5.88. The summed E-state index contributed by atoms with van der Waals surface area (Å²) in [5.74, 6) is 0.960. The number of hydrogen-bond donors (Lipinski definition) is 0. The fraction of sp³-hybridized carbons (Fsp3) is 0.130. The van der Waals surface area contributed by atoms with Gasteiger partial charge in [0.2, 0.25) is 0 Å². The molecule has 3 nitrogen and oxygen atoms in total. The number of pyridine rings is 1. The van der Waals surface area contributed by atoms with Crippen molar-refractivity contribution in [3.05, 3.63) is 90.1 Å². The van der Waals surface area contributed by atoms with Crippen molar-refractivity contribution >= 4 is 0 Å². The minimum absolute atomic E-state index is 0.960. The van der Waals surface area contributed by atoms with E-state index in [-0.39, 0.29) is 0 Å². The Balaban J connectivity index is 2.09. The molecule has 2 aromatic carbocycles. The molecule has 0 amide bonds. The lowest BCUT2D eigenvalue weighted by atomic mass is 9.92.